The lowest BCUT2D eigenvalue weighted by Crippen LogP contribution is -2.27. The lowest BCUT2D eigenvalue weighted by Gasteiger charge is -2.18. The topological polar surface area (TPSA) is 86.7 Å². The summed E-state index contributed by atoms with van der Waals surface area (Å²) in [4.78, 5) is 8.77. The number of aromatic nitrogens is 4. The van der Waals surface area contributed by atoms with Crippen LogP contribution < -0.4 is 5.32 Å². The van der Waals surface area contributed by atoms with Gasteiger partial charge in [-0.2, -0.15) is 18.3 Å². The first kappa shape index (κ1) is 20.8. The van der Waals surface area contributed by atoms with Crippen LogP contribution in [0.25, 0.3) is 22.2 Å². The third-order valence-corrected chi connectivity index (χ3v) is 4.98. The standard InChI is InChI=1S/C22H20F3N5O/c1-13-18-9-15(5-6-19(18)30-29-13)20-10-26-11-21(28-20)27-17(12-31)8-14-3-2-4-16(7-14)22(23,24)25/h2-7,9-11,17,31H,8,12H2,1H3,(H,27,28)(H,29,30)/t17-/m0/s1. The quantitative estimate of drug-likeness (QED) is 0.426. The number of aliphatic hydroxyl groups excluding tert-OH is 1. The summed E-state index contributed by atoms with van der Waals surface area (Å²) in [5.74, 6) is 0.424. The number of hydrogen-bond donors (Lipinski definition) is 3. The Kier molecular flexibility index (Phi) is 5.60. The molecule has 31 heavy (non-hydrogen) atoms. The molecule has 3 N–H and O–H groups in total. The maximum absolute atomic E-state index is 13.0. The first-order valence-corrected chi connectivity index (χ1v) is 9.64. The zero-order chi connectivity index (χ0) is 22.0. The average Bonchev–Trinajstić information content (AvgIpc) is 3.13. The fourth-order valence-electron chi connectivity index (χ4n) is 3.40. The molecule has 4 rings (SSSR count). The lowest BCUT2D eigenvalue weighted by molar-refractivity contribution is -0.137. The fourth-order valence-corrected chi connectivity index (χ4v) is 3.40. The Morgan fingerprint density at radius 2 is 1.97 bits per heavy atom. The van der Waals surface area contributed by atoms with E-state index in [9.17, 15) is 18.3 Å². The van der Waals surface area contributed by atoms with Crippen LogP contribution in [0.3, 0.4) is 0 Å². The second-order valence-corrected chi connectivity index (χ2v) is 7.30. The van der Waals surface area contributed by atoms with Crippen molar-refractivity contribution in [2.75, 3.05) is 11.9 Å². The van der Waals surface area contributed by atoms with Crippen molar-refractivity contribution in [3.63, 3.8) is 0 Å². The minimum absolute atomic E-state index is 0.201. The van der Waals surface area contributed by atoms with Gasteiger partial charge < -0.3 is 10.4 Å². The Balaban J connectivity index is 1.54. The molecule has 0 saturated carbocycles. The molecule has 0 aliphatic carbocycles. The molecular weight excluding hydrogens is 407 g/mol. The molecule has 9 heteroatoms. The van der Waals surface area contributed by atoms with E-state index in [0.717, 1.165) is 34.3 Å². The van der Waals surface area contributed by atoms with E-state index in [4.69, 9.17) is 0 Å². The molecule has 160 valence electrons. The Morgan fingerprint density at radius 1 is 1.13 bits per heavy atom. The molecular formula is C22H20F3N5O. The molecule has 0 unspecified atom stereocenters. The second-order valence-electron chi connectivity index (χ2n) is 7.30. The van der Waals surface area contributed by atoms with Crippen molar-refractivity contribution in [2.45, 2.75) is 25.6 Å². The molecule has 0 amide bonds. The number of anilines is 1. The predicted molar refractivity (Wildman–Crippen MR) is 112 cm³/mol. The predicted octanol–water partition coefficient (Wildman–Crippen LogP) is 4.36. The van der Waals surface area contributed by atoms with Crippen molar-refractivity contribution < 1.29 is 18.3 Å². The largest absolute Gasteiger partial charge is 0.416 e. The summed E-state index contributed by atoms with van der Waals surface area (Å²) in [6.07, 6.45) is -1.07. The van der Waals surface area contributed by atoms with Gasteiger partial charge in [0.05, 0.1) is 41.8 Å². The number of benzene rings is 2. The van der Waals surface area contributed by atoms with E-state index >= 15 is 0 Å². The minimum atomic E-state index is -4.41. The van der Waals surface area contributed by atoms with Crippen molar-refractivity contribution in [3.05, 3.63) is 71.7 Å². The number of aliphatic hydroxyl groups is 1. The van der Waals surface area contributed by atoms with Crippen LogP contribution in [0.5, 0.6) is 0 Å². The fraction of sp³-hybridized carbons (Fsp3) is 0.227. The van der Waals surface area contributed by atoms with Crippen LogP contribution in [0.2, 0.25) is 0 Å². The van der Waals surface area contributed by atoms with Crippen LogP contribution in [-0.2, 0) is 12.6 Å². The van der Waals surface area contributed by atoms with Crippen LogP contribution >= 0.6 is 0 Å². The van der Waals surface area contributed by atoms with E-state index in [-0.39, 0.29) is 13.0 Å². The molecule has 4 aromatic rings. The van der Waals surface area contributed by atoms with E-state index in [2.05, 4.69) is 25.5 Å². The number of alkyl halides is 3. The van der Waals surface area contributed by atoms with E-state index in [1.807, 2.05) is 25.1 Å². The van der Waals surface area contributed by atoms with Gasteiger partial charge in [-0.1, -0.05) is 24.3 Å². The lowest BCUT2D eigenvalue weighted by atomic mass is 10.0. The van der Waals surface area contributed by atoms with Crippen molar-refractivity contribution in [3.8, 4) is 11.3 Å². The summed E-state index contributed by atoms with van der Waals surface area (Å²) in [6.45, 7) is 1.66. The highest BCUT2D eigenvalue weighted by atomic mass is 19.4. The summed E-state index contributed by atoms with van der Waals surface area (Å²) in [7, 11) is 0. The molecule has 6 nitrogen and oxygen atoms in total. The molecule has 0 bridgehead atoms. The van der Waals surface area contributed by atoms with E-state index in [1.165, 1.54) is 12.3 Å². The molecule has 0 fully saturated rings. The number of halogens is 3. The van der Waals surface area contributed by atoms with Crippen LogP contribution in [0.1, 0.15) is 16.8 Å². The molecule has 2 aromatic heterocycles. The van der Waals surface area contributed by atoms with Crippen molar-refractivity contribution in [1.82, 2.24) is 20.2 Å². The first-order valence-electron chi connectivity index (χ1n) is 9.64. The maximum Gasteiger partial charge on any atom is 0.416 e. The first-order chi connectivity index (χ1) is 14.8. The van der Waals surface area contributed by atoms with Crippen LogP contribution in [-0.4, -0.2) is 37.9 Å². The molecule has 0 saturated heterocycles. The molecule has 0 spiro atoms. The van der Waals surface area contributed by atoms with E-state index < -0.39 is 17.8 Å². The number of H-pyrrole nitrogens is 1. The number of fused-ring (bicyclic) bond motifs is 1. The number of rotatable bonds is 6. The highest BCUT2D eigenvalue weighted by Gasteiger charge is 2.30. The highest BCUT2D eigenvalue weighted by Crippen LogP contribution is 2.30. The molecule has 1 atom stereocenters. The summed E-state index contributed by atoms with van der Waals surface area (Å²) < 4.78 is 38.9. The Bertz CT molecular complexity index is 1210. The third-order valence-electron chi connectivity index (χ3n) is 4.98. The van der Waals surface area contributed by atoms with Gasteiger partial charge in [0.25, 0.3) is 0 Å². The van der Waals surface area contributed by atoms with Gasteiger partial charge in [0, 0.05) is 16.6 Å². The summed E-state index contributed by atoms with van der Waals surface area (Å²) in [5, 5.41) is 20.9. The Labute approximate surface area is 176 Å². The van der Waals surface area contributed by atoms with Gasteiger partial charge in [-0.3, -0.25) is 10.1 Å². The third kappa shape index (κ3) is 4.66. The summed E-state index contributed by atoms with van der Waals surface area (Å²) >= 11 is 0. The van der Waals surface area contributed by atoms with Crippen LogP contribution in [0.15, 0.2) is 54.9 Å². The Hall–Kier alpha value is -3.46. The van der Waals surface area contributed by atoms with Crippen molar-refractivity contribution in [2.24, 2.45) is 0 Å². The van der Waals surface area contributed by atoms with Gasteiger partial charge in [-0.25, -0.2) is 4.98 Å². The van der Waals surface area contributed by atoms with Gasteiger partial charge in [-0.15, -0.1) is 0 Å². The summed E-state index contributed by atoms with van der Waals surface area (Å²) in [5.41, 5.74) is 3.03. The Morgan fingerprint density at radius 3 is 2.74 bits per heavy atom. The van der Waals surface area contributed by atoms with Crippen molar-refractivity contribution in [1.29, 1.82) is 0 Å². The zero-order valence-corrected chi connectivity index (χ0v) is 16.6. The molecule has 0 radical (unpaired) electrons. The van der Waals surface area contributed by atoms with Crippen LogP contribution in [0, 0.1) is 6.92 Å². The monoisotopic (exact) mass is 427 g/mol. The molecule has 0 aliphatic rings. The SMILES string of the molecule is Cc1[nH]nc2ccc(-c3cncc(N[C@H](CO)Cc4cccc(C(F)(F)F)c4)n3)cc12. The number of hydrogen-bond acceptors (Lipinski definition) is 5. The van der Waals surface area contributed by atoms with Gasteiger partial charge in [0.15, 0.2) is 0 Å². The molecule has 2 heterocycles. The maximum atomic E-state index is 13.0. The highest BCUT2D eigenvalue weighted by molar-refractivity contribution is 5.85. The number of nitrogens with zero attached hydrogens (tertiary/aromatic N) is 3. The normalized spacial score (nSPS) is 12.8. The smallest absolute Gasteiger partial charge is 0.394 e. The van der Waals surface area contributed by atoms with Gasteiger partial charge in [-0.05, 0) is 37.1 Å². The number of nitrogens with one attached hydrogen (secondary N) is 2. The molecule has 0 aliphatic heterocycles. The van der Waals surface area contributed by atoms with E-state index in [0.29, 0.717) is 17.1 Å². The van der Waals surface area contributed by atoms with Gasteiger partial charge in [0.1, 0.15) is 5.82 Å². The number of aromatic amines is 1. The molecule has 2 aromatic carbocycles. The zero-order valence-electron chi connectivity index (χ0n) is 16.6. The van der Waals surface area contributed by atoms with Crippen molar-refractivity contribution >= 4 is 16.7 Å². The van der Waals surface area contributed by atoms with Gasteiger partial charge >= 0.3 is 6.18 Å². The summed E-state index contributed by atoms with van der Waals surface area (Å²) in [6, 6.07) is 10.3. The second kappa shape index (κ2) is 8.35. The van der Waals surface area contributed by atoms with Gasteiger partial charge in [0.2, 0.25) is 0 Å². The minimum Gasteiger partial charge on any atom is -0.394 e. The average molecular weight is 427 g/mol. The number of aryl methyl sites for hydroxylation is 1. The van der Waals surface area contributed by atoms with Crippen LogP contribution in [0.4, 0.5) is 19.0 Å². The van der Waals surface area contributed by atoms with E-state index in [1.54, 1.807) is 12.3 Å².